The fourth-order valence-corrected chi connectivity index (χ4v) is 14.6. The Kier molecular flexibility index (Phi) is 11.6. The molecule has 3 aliphatic rings. The van der Waals surface area contributed by atoms with Crippen molar-refractivity contribution in [2.75, 3.05) is 18.1 Å². The third kappa shape index (κ3) is 7.71. The first kappa shape index (κ1) is 41.3. The van der Waals surface area contributed by atoms with E-state index >= 15 is 0 Å². The summed E-state index contributed by atoms with van der Waals surface area (Å²) in [5, 5.41) is 24.5. The molecule has 306 valence electrons. The summed E-state index contributed by atoms with van der Waals surface area (Å²) in [5.74, 6) is -2.30. The van der Waals surface area contributed by atoms with Gasteiger partial charge in [-0.2, -0.15) is 0 Å². The van der Waals surface area contributed by atoms with E-state index in [0.717, 1.165) is 42.0 Å². The number of phenolic OH excluding ortho intramolecular Hbond substituents is 1. The van der Waals surface area contributed by atoms with Crippen molar-refractivity contribution >= 4 is 69.5 Å². The Morgan fingerprint density at radius 1 is 0.883 bits per heavy atom. The van der Waals surface area contributed by atoms with Crippen molar-refractivity contribution in [3.05, 3.63) is 170 Å². The Morgan fingerprint density at radius 2 is 1.53 bits per heavy atom. The van der Waals surface area contributed by atoms with Gasteiger partial charge in [0.2, 0.25) is 11.8 Å². The molecule has 2 amide bonds. The fourth-order valence-electron chi connectivity index (χ4n) is 9.63. The maximum atomic E-state index is 14.5. The molecule has 5 aromatic rings. The molecule has 5 aromatic carbocycles. The number of benzene rings is 5. The molecule has 0 radical (unpaired) electrons. The molecular weight excluding hydrogens is 837 g/mol. The van der Waals surface area contributed by atoms with Gasteiger partial charge in [-0.3, -0.25) is 19.7 Å². The Hall–Kier alpha value is -5.46. The molecular formula is C49H47BrN2O7Si. The summed E-state index contributed by atoms with van der Waals surface area (Å²) in [6.45, 7) is 7.19. The fraction of sp³-hybridized carbons (Fsp3) is 0.265. The predicted molar refractivity (Wildman–Crippen MR) is 240 cm³/mol. The number of hydrogen-bond donors (Lipinski definition) is 1. The van der Waals surface area contributed by atoms with Crippen LogP contribution in [-0.2, 0) is 18.8 Å². The van der Waals surface area contributed by atoms with Crippen LogP contribution in [0.2, 0.25) is 5.04 Å². The van der Waals surface area contributed by atoms with Crippen molar-refractivity contribution in [2.24, 2.45) is 17.8 Å². The first-order chi connectivity index (χ1) is 28.9. The topological polar surface area (TPSA) is 119 Å². The third-order valence-electron chi connectivity index (χ3n) is 12.3. The number of carbonyl (C=O) groups excluding carboxylic acids is 2. The molecule has 0 aromatic heterocycles. The molecule has 8 rings (SSSR count). The number of imide groups is 1. The number of fused-ring (bicyclic) bond motifs is 3. The first-order valence-electron chi connectivity index (χ1n) is 20.3. The van der Waals surface area contributed by atoms with Crippen LogP contribution < -0.4 is 15.3 Å². The van der Waals surface area contributed by atoms with E-state index in [1.807, 2.05) is 42.5 Å². The zero-order valence-corrected chi connectivity index (χ0v) is 36.4. The number of nitro groups is 1. The molecule has 1 aliphatic carbocycles. The maximum absolute atomic E-state index is 14.5. The summed E-state index contributed by atoms with van der Waals surface area (Å²) in [4.78, 5) is 41.3. The van der Waals surface area contributed by atoms with Gasteiger partial charge in [-0.1, -0.05) is 134 Å². The number of aromatic hydroxyl groups is 1. The Labute approximate surface area is 359 Å². The molecule has 0 spiro atoms. The molecule has 2 aliphatic heterocycles. The quantitative estimate of drug-likeness (QED) is 0.0331. The van der Waals surface area contributed by atoms with E-state index < -0.39 is 25.1 Å². The van der Waals surface area contributed by atoms with Gasteiger partial charge in [0.1, 0.15) is 5.75 Å². The van der Waals surface area contributed by atoms with Crippen LogP contribution in [0.25, 0.3) is 11.6 Å². The van der Waals surface area contributed by atoms with Crippen molar-refractivity contribution in [1.29, 1.82) is 0 Å². The number of amides is 2. The van der Waals surface area contributed by atoms with Gasteiger partial charge in [0.05, 0.1) is 41.8 Å². The normalized spacial score (nSPS) is 20.7. The molecule has 2 saturated heterocycles. The molecule has 11 heteroatoms. The maximum Gasteiger partial charge on any atom is 0.271 e. The smallest absolute Gasteiger partial charge is 0.271 e. The number of nitro benzene ring substituents is 1. The summed E-state index contributed by atoms with van der Waals surface area (Å²) < 4.78 is 15.1. The van der Waals surface area contributed by atoms with Crippen molar-refractivity contribution in [3.63, 3.8) is 0 Å². The second kappa shape index (κ2) is 16.9. The van der Waals surface area contributed by atoms with E-state index in [4.69, 9.17) is 9.16 Å². The highest BCUT2D eigenvalue weighted by Gasteiger charge is 2.58. The van der Waals surface area contributed by atoms with Gasteiger partial charge in [0.15, 0.2) is 0 Å². The minimum atomic E-state index is -3.02. The van der Waals surface area contributed by atoms with Gasteiger partial charge < -0.3 is 14.3 Å². The molecule has 0 bridgehead atoms. The standard InChI is InChI=1S/C49H47BrN2O7Si/c1-49(2,3)60(39-18-9-5-10-19-39,40-20-11-6-12-21-40)59-30-35-28-41-46(48(55)51(47(41)54)37-16-13-17-38(29-37)52(56)57)42-31-58-44(45(35)42)25-22-33(32-14-7-4-8-15-32)26-34-27-36(50)23-24-43(34)53/h4-21,23-24,26-27,29,41-42,44,46,53H,22,25,28,30-31H2,1-3H3/b33-26-/t41-,42+,44-,46-/m1/s1. The number of allylic oxidation sites excluding steroid dienone is 1. The summed E-state index contributed by atoms with van der Waals surface area (Å²) in [5.41, 5.74) is 4.70. The van der Waals surface area contributed by atoms with Crippen molar-refractivity contribution in [1.82, 2.24) is 0 Å². The lowest BCUT2D eigenvalue weighted by Crippen LogP contribution is -2.66. The third-order valence-corrected chi connectivity index (χ3v) is 17.8. The lowest BCUT2D eigenvalue weighted by Gasteiger charge is -2.44. The largest absolute Gasteiger partial charge is 0.507 e. The van der Waals surface area contributed by atoms with Crippen molar-refractivity contribution < 1.29 is 28.8 Å². The van der Waals surface area contributed by atoms with Gasteiger partial charge >= 0.3 is 0 Å². The molecule has 2 heterocycles. The van der Waals surface area contributed by atoms with Crippen molar-refractivity contribution in [2.45, 2.75) is 51.2 Å². The molecule has 0 unspecified atom stereocenters. The molecule has 60 heavy (non-hydrogen) atoms. The number of hydrogen-bond acceptors (Lipinski definition) is 7. The van der Waals surface area contributed by atoms with E-state index in [9.17, 15) is 24.8 Å². The van der Waals surface area contributed by atoms with Gasteiger partial charge in [0, 0.05) is 28.1 Å². The average molecular weight is 884 g/mol. The van der Waals surface area contributed by atoms with Crippen molar-refractivity contribution in [3.8, 4) is 5.75 Å². The predicted octanol–water partition coefficient (Wildman–Crippen LogP) is 9.48. The summed E-state index contributed by atoms with van der Waals surface area (Å²) in [6.07, 6.45) is 3.12. The lowest BCUT2D eigenvalue weighted by atomic mass is 9.69. The molecule has 0 saturated carbocycles. The number of nitrogens with zero attached hydrogens (tertiary/aromatic N) is 2. The van der Waals surface area contributed by atoms with E-state index in [1.165, 1.54) is 18.2 Å². The van der Waals surface area contributed by atoms with Gasteiger partial charge in [0.25, 0.3) is 14.0 Å². The van der Waals surface area contributed by atoms with Crippen LogP contribution in [0, 0.1) is 27.9 Å². The summed E-state index contributed by atoms with van der Waals surface area (Å²) >= 11 is 3.55. The number of anilines is 1. The molecule has 1 N–H and O–H groups in total. The SMILES string of the molecule is CC(C)(C)[Si](OCC1=C2[C@@H](CC/C(=C/c3cc(Br)ccc3O)c3ccccc3)OC[C@@H]2[C@@H]2C(=O)N(c3cccc([N+](=O)[O-])c3)C(=O)[C@@H]2C1)(c1ccccc1)c1ccccc1. The highest BCUT2D eigenvalue weighted by atomic mass is 79.9. The zero-order chi connectivity index (χ0) is 42.2. The number of phenols is 1. The second-order valence-electron chi connectivity index (χ2n) is 16.8. The number of carbonyl (C=O) groups is 2. The number of rotatable bonds is 12. The minimum absolute atomic E-state index is 0.172. The summed E-state index contributed by atoms with van der Waals surface area (Å²) in [6, 6.07) is 42.0. The van der Waals surface area contributed by atoms with Crippen LogP contribution in [0.1, 0.15) is 51.2 Å². The first-order valence-corrected chi connectivity index (χ1v) is 23.0. The molecule has 2 fully saturated rings. The van der Waals surface area contributed by atoms with Crippen LogP contribution in [-0.4, -0.2) is 49.5 Å². The van der Waals surface area contributed by atoms with E-state index in [-0.39, 0.29) is 59.2 Å². The van der Waals surface area contributed by atoms with Gasteiger partial charge in [-0.05, 0) is 87.3 Å². The monoisotopic (exact) mass is 882 g/mol. The van der Waals surface area contributed by atoms with Gasteiger partial charge in [-0.25, -0.2) is 4.90 Å². The van der Waals surface area contributed by atoms with E-state index in [2.05, 4.69) is 97.4 Å². The Balaban J connectivity index is 1.20. The highest BCUT2D eigenvalue weighted by Crippen LogP contribution is 2.51. The zero-order valence-electron chi connectivity index (χ0n) is 33.8. The average Bonchev–Trinajstić information content (AvgIpc) is 3.78. The van der Waals surface area contributed by atoms with E-state index in [1.54, 1.807) is 18.2 Å². The van der Waals surface area contributed by atoms with Crippen LogP contribution in [0.4, 0.5) is 11.4 Å². The summed E-state index contributed by atoms with van der Waals surface area (Å²) in [7, 11) is -3.02. The number of non-ortho nitro benzene ring substituents is 1. The highest BCUT2D eigenvalue weighted by molar-refractivity contribution is 9.10. The molecule has 4 atom stereocenters. The number of ether oxygens (including phenoxy) is 1. The van der Waals surface area contributed by atoms with Crippen LogP contribution >= 0.6 is 15.9 Å². The Bertz CT molecular complexity index is 2450. The Morgan fingerprint density at radius 3 is 2.17 bits per heavy atom. The van der Waals surface area contributed by atoms with Crippen LogP contribution in [0.3, 0.4) is 0 Å². The second-order valence-corrected chi connectivity index (χ2v) is 22.1. The van der Waals surface area contributed by atoms with Crippen LogP contribution in [0.5, 0.6) is 5.75 Å². The van der Waals surface area contributed by atoms with Gasteiger partial charge in [-0.15, -0.1) is 0 Å². The van der Waals surface area contributed by atoms with E-state index in [0.29, 0.717) is 24.8 Å². The minimum Gasteiger partial charge on any atom is -0.507 e. The lowest BCUT2D eigenvalue weighted by molar-refractivity contribution is -0.384. The number of halogens is 1. The van der Waals surface area contributed by atoms with Crippen LogP contribution in [0.15, 0.2) is 149 Å². The molecule has 9 nitrogen and oxygen atoms in total.